The van der Waals surface area contributed by atoms with E-state index < -0.39 is 11.8 Å². The van der Waals surface area contributed by atoms with Crippen molar-refractivity contribution in [1.82, 2.24) is 9.80 Å². The Balaban J connectivity index is 1.95. The average molecular weight is 294 g/mol. The van der Waals surface area contributed by atoms with Crippen LogP contribution in [0, 0.1) is 5.82 Å². The van der Waals surface area contributed by atoms with Crippen molar-refractivity contribution in [3.8, 4) is 0 Å². The molecule has 1 aliphatic heterocycles. The summed E-state index contributed by atoms with van der Waals surface area (Å²) in [7, 11) is 5.48. The fourth-order valence-corrected chi connectivity index (χ4v) is 2.78. The minimum atomic E-state index is -0.633. The first-order chi connectivity index (χ1) is 10.0. The third kappa shape index (κ3) is 4.02. The number of esters is 1. The van der Waals surface area contributed by atoms with Crippen LogP contribution in [0.5, 0.6) is 0 Å². The molecular formula is C16H23FN2O2. The molecule has 0 amide bonds. The van der Waals surface area contributed by atoms with Crippen LogP contribution in [0.1, 0.15) is 28.8 Å². The quantitative estimate of drug-likeness (QED) is 0.797. The van der Waals surface area contributed by atoms with Crippen molar-refractivity contribution >= 4 is 5.97 Å². The molecule has 1 aliphatic rings. The molecular weight excluding hydrogens is 271 g/mol. The average Bonchev–Trinajstić information content (AvgIpc) is 2.47. The highest BCUT2D eigenvalue weighted by molar-refractivity contribution is 5.89. The lowest BCUT2D eigenvalue weighted by molar-refractivity contribution is 0.0595. The highest BCUT2D eigenvalue weighted by Gasteiger charge is 2.21. The van der Waals surface area contributed by atoms with Gasteiger partial charge in [-0.05, 0) is 57.7 Å². The fraction of sp³-hybridized carbons (Fsp3) is 0.562. The summed E-state index contributed by atoms with van der Waals surface area (Å²) >= 11 is 0. The fourth-order valence-electron chi connectivity index (χ4n) is 2.78. The second-order valence-electron chi connectivity index (χ2n) is 5.78. The van der Waals surface area contributed by atoms with E-state index in [1.807, 2.05) is 0 Å². The molecule has 1 aromatic rings. The number of methoxy groups -OCH3 is 1. The van der Waals surface area contributed by atoms with E-state index in [1.54, 1.807) is 6.07 Å². The zero-order valence-corrected chi connectivity index (χ0v) is 12.9. The number of carbonyl (C=O) groups is 1. The van der Waals surface area contributed by atoms with Gasteiger partial charge in [-0.2, -0.15) is 0 Å². The minimum Gasteiger partial charge on any atom is -0.465 e. The lowest BCUT2D eigenvalue weighted by Crippen LogP contribution is -2.41. The summed E-state index contributed by atoms with van der Waals surface area (Å²) in [6.45, 7) is 2.75. The maximum atomic E-state index is 13.9. The Morgan fingerprint density at radius 1 is 1.38 bits per heavy atom. The second-order valence-corrected chi connectivity index (χ2v) is 5.78. The van der Waals surface area contributed by atoms with Crippen LogP contribution in [0.4, 0.5) is 4.39 Å². The Labute approximate surface area is 125 Å². The molecule has 21 heavy (non-hydrogen) atoms. The van der Waals surface area contributed by atoms with E-state index in [2.05, 4.69) is 28.6 Å². The largest absolute Gasteiger partial charge is 0.465 e. The van der Waals surface area contributed by atoms with Gasteiger partial charge in [0.15, 0.2) is 0 Å². The molecule has 0 aromatic heterocycles. The zero-order chi connectivity index (χ0) is 15.4. The number of carbonyl (C=O) groups excluding carboxylic acids is 1. The summed E-state index contributed by atoms with van der Waals surface area (Å²) in [5.41, 5.74) is 0.885. The van der Waals surface area contributed by atoms with Crippen molar-refractivity contribution in [3.63, 3.8) is 0 Å². The van der Waals surface area contributed by atoms with E-state index in [9.17, 15) is 9.18 Å². The summed E-state index contributed by atoms with van der Waals surface area (Å²) in [4.78, 5) is 16.0. The number of nitrogens with zero attached hydrogens (tertiary/aromatic N) is 2. The summed E-state index contributed by atoms with van der Waals surface area (Å²) in [5.74, 6) is -1.15. The van der Waals surface area contributed by atoms with Gasteiger partial charge < -0.3 is 9.64 Å². The summed E-state index contributed by atoms with van der Waals surface area (Å²) in [5, 5.41) is 0. The molecule has 1 heterocycles. The Morgan fingerprint density at radius 2 is 2.05 bits per heavy atom. The van der Waals surface area contributed by atoms with Gasteiger partial charge in [0, 0.05) is 12.6 Å². The smallest absolute Gasteiger partial charge is 0.340 e. The molecule has 1 aromatic carbocycles. The van der Waals surface area contributed by atoms with Gasteiger partial charge >= 0.3 is 5.97 Å². The van der Waals surface area contributed by atoms with E-state index in [0.29, 0.717) is 6.04 Å². The van der Waals surface area contributed by atoms with Gasteiger partial charge in [-0.25, -0.2) is 9.18 Å². The lowest BCUT2D eigenvalue weighted by Gasteiger charge is -2.35. The van der Waals surface area contributed by atoms with Crippen LogP contribution in [-0.4, -0.2) is 56.1 Å². The van der Waals surface area contributed by atoms with E-state index >= 15 is 0 Å². The highest BCUT2D eigenvalue weighted by atomic mass is 19.1. The molecule has 0 bridgehead atoms. The Hall–Kier alpha value is -1.46. The number of piperidine rings is 1. The van der Waals surface area contributed by atoms with Crippen LogP contribution in [-0.2, 0) is 11.3 Å². The Kier molecular flexibility index (Phi) is 5.31. The van der Waals surface area contributed by atoms with Gasteiger partial charge in [0.05, 0.1) is 12.7 Å². The topological polar surface area (TPSA) is 32.8 Å². The van der Waals surface area contributed by atoms with Crippen LogP contribution in [0.25, 0.3) is 0 Å². The summed E-state index contributed by atoms with van der Waals surface area (Å²) in [6.07, 6.45) is 2.27. The van der Waals surface area contributed by atoms with Crippen molar-refractivity contribution in [2.45, 2.75) is 25.4 Å². The first-order valence-corrected chi connectivity index (χ1v) is 7.26. The van der Waals surface area contributed by atoms with Crippen molar-refractivity contribution < 1.29 is 13.9 Å². The van der Waals surface area contributed by atoms with Crippen molar-refractivity contribution in [1.29, 1.82) is 0 Å². The molecule has 4 nitrogen and oxygen atoms in total. The van der Waals surface area contributed by atoms with Crippen molar-refractivity contribution in [3.05, 3.63) is 35.1 Å². The second kappa shape index (κ2) is 7.00. The molecule has 0 saturated carbocycles. The van der Waals surface area contributed by atoms with Crippen LogP contribution in [0.3, 0.4) is 0 Å². The van der Waals surface area contributed by atoms with Crippen LogP contribution in [0.2, 0.25) is 0 Å². The normalized spacial score (nSPS) is 17.2. The van der Waals surface area contributed by atoms with E-state index in [1.165, 1.54) is 19.2 Å². The number of hydrogen-bond donors (Lipinski definition) is 0. The Bertz CT molecular complexity index is 497. The lowest BCUT2D eigenvalue weighted by atomic mass is 10.0. The molecule has 116 valence electrons. The third-order valence-electron chi connectivity index (χ3n) is 4.13. The van der Waals surface area contributed by atoms with Gasteiger partial charge in [0.1, 0.15) is 5.82 Å². The molecule has 0 N–H and O–H groups in total. The number of benzene rings is 1. The maximum absolute atomic E-state index is 13.9. The third-order valence-corrected chi connectivity index (χ3v) is 4.13. The molecule has 0 aliphatic carbocycles. The predicted molar refractivity (Wildman–Crippen MR) is 79.7 cm³/mol. The van der Waals surface area contributed by atoms with E-state index in [4.69, 9.17) is 0 Å². The molecule has 1 saturated heterocycles. The molecule has 0 atom stereocenters. The highest BCUT2D eigenvalue weighted by Crippen LogP contribution is 2.18. The first-order valence-electron chi connectivity index (χ1n) is 7.26. The van der Waals surface area contributed by atoms with Gasteiger partial charge in [-0.3, -0.25) is 4.90 Å². The number of rotatable bonds is 4. The number of hydrogen-bond acceptors (Lipinski definition) is 4. The summed E-state index contributed by atoms with van der Waals surface area (Å²) in [6, 6.07) is 5.38. The maximum Gasteiger partial charge on any atom is 0.340 e. The number of likely N-dealkylation sites (tertiary alicyclic amines) is 1. The monoisotopic (exact) mass is 294 g/mol. The molecule has 1 fully saturated rings. The van der Waals surface area contributed by atoms with Gasteiger partial charge in [-0.15, -0.1) is 0 Å². The Morgan fingerprint density at radius 3 is 2.57 bits per heavy atom. The molecule has 0 unspecified atom stereocenters. The molecule has 0 spiro atoms. The van der Waals surface area contributed by atoms with Crippen LogP contribution >= 0.6 is 0 Å². The van der Waals surface area contributed by atoms with Crippen molar-refractivity contribution in [2.75, 3.05) is 34.3 Å². The van der Waals surface area contributed by atoms with Crippen LogP contribution in [0.15, 0.2) is 18.2 Å². The van der Waals surface area contributed by atoms with Gasteiger partial charge in [0.2, 0.25) is 0 Å². The summed E-state index contributed by atoms with van der Waals surface area (Å²) < 4.78 is 18.4. The van der Waals surface area contributed by atoms with Crippen molar-refractivity contribution in [2.24, 2.45) is 0 Å². The standard InChI is InChI=1S/C16H23FN2O2/c1-18(2)13-6-8-19(9-7-13)11-12-4-5-14(15(17)10-12)16(20)21-3/h4-5,10,13H,6-9,11H2,1-3H3. The van der Waals surface area contributed by atoms with Gasteiger partial charge in [0.25, 0.3) is 0 Å². The molecule has 2 rings (SSSR count). The van der Waals surface area contributed by atoms with E-state index in [0.717, 1.165) is 38.0 Å². The number of halogens is 1. The zero-order valence-electron chi connectivity index (χ0n) is 12.9. The molecule has 0 radical (unpaired) electrons. The minimum absolute atomic E-state index is 0.00688. The predicted octanol–water partition coefficient (Wildman–Crippen LogP) is 2.14. The van der Waals surface area contributed by atoms with E-state index in [-0.39, 0.29) is 5.56 Å². The molecule has 5 heteroatoms. The SMILES string of the molecule is COC(=O)c1ccc(CN2CCC(N(C)C)CC2)cc1F. The van der Waals surface area contributed by atoms with Crippen LogP contribution < -0.4 is 0 Å². The number of ether oxygens (including phenoxy) is 1. The van der Waals surface area contributed by atoms with Gasteiger partial charge in [-0.1, -0.05) is 6.07 Å². The first kappa shape index (κ1) is 15.9.